The van der Waals surface area contributed by atoms with Crippen molar-refractivity contribution in [3.05, 3.63) is 36.0 Å². The molecule has 2 aliphatic rings. The zero-order valence-corrected chi connectivity index (χ0v) is 14.5. The molecule has 0 bridgehead atoms. The Balaban J connectivity index is 1.28. The topological polar surface area (TPSA) is 91.7 Å². The minimum atomic E-state index is 0.257. The van der Waals surface area contributed by atoms with E-state index in [1.54, 1.807) is 6.33 Å². The molecule has 1 aliphatic carbocycles. The van der Waals surface area contributed by atoms with Crippen LogP contribution in [0.2, 0.25) is 0 Å². The van der Waals surface area contributed by atoms with Gasteiger partial charge in [-0.15, -0.1) is 0 Å². The smallest absolute Gasteiger partial charge is 0.226 e. The molecule has 134 valence electrons. The summed E-state index contributed by atoms with van der Waals surface area (Å²) in [5, 5.41) is 8.98. The standard InChI is InChI=1S/C18H21N7O/c26-18(12-2-1-3-12)24-6-7-25-14(10-24)8-13(23-25)9-20-17-15-4-5-19-16(15)21-11-22-17/h4-5,8,11-12H,1-3,6-7,9-10H2,(H2,19,20,21,22). The molecule has 0 spiro atoms. The molecular weight excluding hydrogens is 330 g/mol. The Labute approximate surface area is 150 Å². The van der Waals surface area contributed by atoms with E-state index in [1.807, 2.05) is 21.8 Å². The van der Waals surface area contributed by atoms with E-state index in [4.69, 9.17) is 0 Å². The van der Waals surface area contributed by atoms with Gasteiger partial charge in [-0.05, 0) is 25.0 Å². The monoisotopic (exact) mass is 351 g/mol. The van der Waals surface area contributed by atoms with Crippen molar-refractivity contribution < 1.29 is 4.79 Å². The summed E-state index contributed by atoms with van der Waals surface area (Å²) in [6.45, 7) is 2.78. The summed E-state index contributed by atoms with van der Waals surface area (Å²) in [4.78, 5) is 26.1. The molecule has 0 atom stereocenters. The third-order valence-electron chi connectivity index (χ3n) is 5.41. The Hall–Kier alpha value is -2.90. The van der Waals surface area contributed by atoms with Gasteiger partial charge in [0.1, 0.15) is 17.8 Å². The predicted molar refractivity (Wildman–Crippen MR) is 96.2 cm³/mol. The molecule has 8 nitrogen and oxygen atoms in total. The summed E-state index contributed by atoms with van der Waals surface area (Å²) in [5.41, 5.74) is 2.88. The van der Waals surface area contributed by atoms with Crippen molar-refractivity contribution in [1.29, 1.82) is 0 Å². The van der Waals surface area contributed by atoms with E-state index in [0.717, 1.165) is 54.2 Å². The molecule has 26 heavy (non-hydrogen) atoms. The fourth-order valence-corrected chi connectivity index (χ4v) is 3.70. The summed E-state index contributed by atoms with van der Waals surface area (Å²) in [6.07, 6.45) is 6.69. The number of H-pyrrole nitrogens is 1. The van der Waals surface area contributed by atoms with E-state index in [1.165, 1.54) is 6.42 Å². The van der Waals surface area contributed by atoms with E-state index in [-0.39, 0.29) is 5.92 Å². The molecule has 3 aromatic rings. The summed E-state index contributed by atoms with van der Waals surface area (Å²) < 4.78 is 2.02. The van der Waals surface area contributed by atoms with E-state index < -0.39 is 0 Å². The first-order valence-electron chi connectivity index (χ1n) is 9.14. The zero-order valence-electron chi connectivity index (χ0n) is 14.5. The van der Waals surface area contributed by atoms with Crippen LogP contribution >= 0.6 is 0 Å². The van der Waals surface area contributed by atoms with E-state index >= 15 is 0 Å². The molecule has 3 aromatic heterocycles. The van der Waals surface area contributed by atoms with Crippen LogP contribution in [0, 0.1) is 5.92 Å². The van der Waals surface area contributed by atoms with Gasteiger partial charge in [-0.2, -0.15) is 5.10 Å². The number of fused-ring (bicyclic) bond motifs is 2. The third-order valence-corrected chi connectivity index (χ3v) is 5.41. The van der Waals surface area contributed by atoms with Crippen LogP contribution in [-0.4, -0.2) is 42.1 Å². The normalized spacial score (nSPS) is 17.2. The number of anilines is 1. The van der Waals surface area contributed by atoms with Crippen LogP contribution in [0.4, 0.5) is 5.82 Å². The fourth-order valence-electron chi connectivity index (χ4n) is 3.70. The molecule has 1 amide bonds. The van der Waals surface area contributed by atoms with E-state index in [2.05, 4.69) is 31.4 Å². The average Bonchev–Trinajstić information content (AvgIpc) is 3.24. The van der Waals surface area contributed by atoms with Crippen LogP contribution in [0.25, 0.3) is 11.0 Å². The van der Waals surface area contributed by atoms with Gasteiger partial charge in [0.2, 0.25) is 5.91 Å². The first-order valence-corrected chi connectivity index (χ1v) is 9.14. The average molecular weight is 351 g/mol. The number of carbonyl (C=O) groups is 1. The highest BCUT2D eigenvalue weighted by molar-refractivity contribution is 5.86. The maximum atomic E-state index is 12.5. The molecule has 1 saturated carbocycles. The van der Waals surface area contributed by atoms with Crippen molar-refractivity contribution in [2.45, 2.75) is 38.9 Å². The zero-order chi connectivity index (χ0) is 17.5. The van der Waals surface area contributed by atoms with Gasteiger partial charge in [-0.1, -0.05) is 6.42 Å². The number of aromatic amines is 1. The first kappa shape index (κ1) is 15.4. The lowest BCUT2D eigenvalue weighted by Gasteiger charge is -2.34. The van der Waals surface area contributed by atoms with Gasteiger partial charge < -0.3 is 15.2 Å². The number of hydrogen-bond acceptors (Lipinski definition) is 5. The Morgan fingerprint density at radius 1 is 1.31 bits per heavy atom. The molecule has 2 N–H and O–H groups in total. The maximum absolute atomic E-state index is 12.5. The van der Waals surface area contributed by atoms with Crippen LogP contribution in [0.3, 0.4) is 0 Å². The predicted octanol–water partition coefficient (Wildman–Crippen LogP) is 1.91. The second-order valence-electron chi connectivity index (χ2n) is 7.05. The lowest BCUT2D eigenvalue weighted by atomic mass is 9.84. The third kappa shape index (κ3) is 2.61. The lowest BCUT2D eigenvalue weighted by Crippen LogP contribution is -2.43. The molecule has 8 heteroatoms. The Morgan fingerprint density at radius 3 is 3.08 bits per heavy atom. The SMILES string of the molecule is O=C(C1CCC1)N1CCn2nc(CNc3ncnc4[nH]ccc34)cc2C1. The molecule has 0 unspecified atom stereocenters. The van der Waals surface area contributed by atoms with Crippen LogP contribution < -0.4 is 5.32 Å². The number of nitrogens with zero attached hydrogens (tertiary/aromatic N) is 5. The van der Waals surface area contributed by atoms with Gasteiger partial charge in [0.15, 0.2) is 0 Å². The Morgan fingerprint density at radius 2 is 2.23 bits per heavy atom. The van der Waals surface area contributed by atoms with Gasteiger partial charge in [-0.25, -0.2) is 9.97 Å². The highest BCUT2D eigenvalue weighted by atomic mass is 16.2. The molecule has 0 saturated heterocycles. The van der Waals surface area contributed by atoms with Crippen molar-refractivity contribution in [2.24, 2.45) is 5.92 Å². The highest BCUT2D eigenvalue weighted by Gasteiger charge is 2.31. The number of carbonyl (C=O) groups excluding carboxylic acids is 1. The number of hydrogen-bond donors (Lipinski definition) is 2. The molecular formula is C18H21N7O. The highest BCUT2D eigenvalue weighted by Crippen LogP contribution is 2.29. The summed E-state index contributed by atoms with van der Waals surface area (Å²) >= 11 is 0. The van der Waals surface area contributed by atoms with Gasteiger partial charge in [0.25, 0.3) is 0 Å². The Kier molecular flexibility index (Phi) is 3.62. The van der Waals surface area contributed by atoms with Crippen molar-refractivity contribution in [2.75, 3.05) is 11.9 Å². The first-order chi connectivity index (χ1) is 12.8. The van der Waals surface area contributed by atoms with Crippen molar-refractivity contribution >= 4 is 22.8 Å². The number of nitrogens with one attached hydrogen (secondary N) is 2. The second kappa shape index (κ2) is 6.12. The summed E-state index contributed by atoms with van der Waals surface area (Å²) in [7, 11) is 0. The van der Waals surface area contributed by atoms with E-state index in [9.17, 15) is 4.79 Å². The van der Waals surface area contributed by atoms with Gasteiger partial charge >= 0.3 is 0 Å². The van der Waals surface area contributed by atoms with Crippen LogP contribution in [0.1, 0.15) is 30.7 Å². The minimum Gasteiger partial charge on any atom is -0.364 e. The molecule has 1 fully saturated rings. The minimum absolute atomic E-state index is 0.257. The second-order valence-corrected chi connectivity index (χ2v) is 7.05. The Bertz CT molecular complexity index is 956. The number of amides is 1. The van der Waals surface area contributed by atoms with Gasteiger partial charge in [-0.3, -0.25) is 9.48 Å². The number of aromatic nitrogens is 5. The van der Waals surface area contributed by atoms with Crippen molar-refractivity contribution in [1.82, 2.24) is 29.6 Å². The van der Waals surface area contributed by atoms with Crippen LogP contribution in [-0.2, 0) is 24.4 Å². The van der Waals surface area contributed by atoms with Gasteiger partial charge in [0.05, 0.1) is 36.4 Å². The van der Waals surface area contributed by atoms with Crippen molar-refractivity contribution in [3.63, 3.8) is 0 Å². The fraction of sp³-hybridized carbons (Fsp3) is 0.444. The van der Waals surface area contributed by atoms with Gasteiger partial charge in [0, 0.05) is 18.7 Å². The maximum Gasteiger partial charge on any atom is 0.226 e. The lowest BCUT2D eigenvalue weighted by molar-refractivity contribution is -0.139. The summed E-state index contributed by atoms with van der Waals surface area (Å²) in [5.74, 6) is 1.37. The largest absolute Gasteiger partial charge is 0.364 e. The van der Waals surface area contributed by atoms with Crippen molar-refractivity contribution in [3.8, 4) is 0 Å². The molecule has 4 heterocycles. The van der Waals surface area contributed by atoms with Crippen LogP contribution in [0.5, 0.6) is 0 Å². The molecule has 0 aromatic carbocycles. The molecule has 1 aliphatic heterocycles. The quantitative estimate of drug-likeness (QED) is 0.749. The molecule has 0 radical (unpaired) electrons. The van der Waals surface area contributed by atoms with Crippen LogP contribution in [0.15, 0.2) is 24.7 Å². The number of rotatable bonds is 4. The molecule has 5 rings (SSSR count). The van der Waals surface area contributed by atoms with E-state index in [0.29, 0.717) is 19.0 Å². The summed E-state index contributed by atoms with van der Waals surface area (Å²) in [6, 6.07) is 4.04.